The molecule has 2 aromatic rings. The number of sulfonamides is 1. The summed E-state index contributed by atoms with van der Waals surface area (Å²) in [6, 6.07) is 3.28. The topological polar surface area (TPSA) is 195 Å². The highest BCUT2D eigenvalue weighted by atomic mass is 32.2. The number of fused-ring (bicyclic) bond motifs is 3. The van der Waals surface area contributed by atoms with Crippen LogP contribution in [0.2, 0.25) is 0 Å². The fourth-order valence-corrected chi connectivity index (χ4v) is 9.26. The molecule has 4 fully saturated rings. The van der Waals surface area contributed by atoms with Crippen LogP contribution in [0.15, 0.2) is 30.4 Å². The van der Waals surface area contributed by atoms with E-state index < -0.39 is 68.2 Å². The standard InChI is InChI=1S/C39H52N6O9S/c1-4-28-34(41-31-20-26(52-3)16-17-29(31)40-28)53-27-21-32-33(46)43-39(36(48)44-55(50,51)38(2)18-19-38)22-24(39)12-8-6-5-7-9-15-30(35(47)45(32)23-27)42-37(49)54-25-13-10-11-14-25/h8,12,16-17,20,24-25,27,30,32H,4-7,9-11,13-15,18-19,21-23H2,1-3H3,(H,42,49)(H,43,46)(H,44,48)/b12-8-/t24-,27-,30+,32+,39-/m1/s1. The maximum atomic E-state index is 14.6. The van der Waals surface area contributed by atoms with E-state index in [-0.39, 0.29) is 31.4 Å². The molecule has 3 saturated carbocycles. The van der Waals surface area contributed by atoms with E-state index >= 15 is 0 Å². The summed E-state index contributed by atoms with van der Waals surface area (Å²) in [7, 11) is -2.43. The molecule has 4 amide bonds. The van der Waals surface area contributed by atoms with E-state index in [1.54, 1.807) is 26.2 Å². The molecular weight excluding hydrogens is 729 g/mol. The minimum Gasteiger partial charge on any atom is -0.497 e. The van der Waals surface area contributed by atoms with Gasteiger partial charge in [0.15, 0.2) is 0 Å². The van der Waals surface area contributed by atoms with Gasteiger partial charge in [0.1, 0.15) is 41.3 Å². The van der Waals surface area contributed by atoms with Gasteiger partial charge in [-0.2, -0.15) is 0 Å². The number of carbonyl (C=O) groups excluding carboxylic acids is 4. The summed E-state index contributed by atoms with van der Waals surface area (Å²) < 4.78 is 45.1. The number of hydrogen-bond acceptors (Lipinski definition) is 11. The van der Waals surface area contributed by atoms with Crippen molar-refractivity contribution in [2.75, 3.05) is 13.7 Å². The van der Waals surface area contributed by atoms with Gasteiger partial charge in [0.2, 0.25) is 27.7 Å². The van der Waals surface area contributed by atoms with E-state index in [0.29, 0.717) is 61.0 Å². The molecule has 7 rings (SSSR count). The number of allylic oxidation sites excluding steroid dienone is 1. The van der Waals surface area contributed by atoms with Crippen molar-refractivity contribution in [2.45, 2.75) is 138 Å². The Kier molecular flexibility index (Phi) is 11.0. The summed E-state index contributed by atoms with van der Waals surface area (Å²) >= 11 is 0. The highest BCUT2D eigenvalue weighted by Gasteiger charge is 2.63. The molecule has 0 unspecified atom stereocenters. The first-order valence-corrected chi connectivity index (χ1v) is 21.2. The van der Waals surface area contributed by atoms with Gasteiger partial charge in [0.25, 0.3) is 5.91 Å². The molecule has 1 saturated heterocycles. The summed E-state index contributed by atoms with van der Waals surface area (Å²) in [6.07, 6.45) is 10.6. The number of methoxy groups -OCH3 is 1. The third kappa shape index (κ3) is 8.24. The normalized spacial score (nSPS) is 28.8. The largest absolute Gasteiger partial charge is 0.497 e. The lowest BCUT2D eigenvalue weighted by atomic mass is 10.0. The Bertz CT molecular complexity index is 1960. The van der Waals surface area contributed by atoms with Crippen molar-refractivity contribution in [2.24, 2.45) is 5.92 Å². The fourth-order valence-electron chi connectivity index (χ4n) is 7.94. The zero-order valence-electron chi connectivity index (χ0n) is 31.8. The average Bonchev–Trinajstić information content (AvgIpc) is 3.93. The number of rotatable bonds is 9. The Hall–Kier alpha value is -4.47. The van der Waals surface area contributed by atoms with Crippen molar-refractivity contribution in [3.8, 4) is 11.6 Å². The van der Waals surface area contributed by atoms with Crippen LogP contribution in [-0.2, 0) is 35.6 Å². The summed E-state index contributed by atoms with van der Waals surface area (Å²) in [5.41, 5.74) is 0.294. The Balaban J connectivity index is 1.18. The van der Waals surface area contributed by atoms with Crippen LogP contribution < -0.4 is 24.8 Å². The van der Waals surface area contributed by atoms with Crippen LogP contribution in [0.25, 0.3) is 11.0 Å². The second kappa shape index (κ2) is 15.6. The lowest BCUT2D eigenvalue weighted by Gasteiger charge is -2.30. The van der Waals surface area contributed by atoms with Gasteiger partial charge in [-0.15, -0.1) is 0 Å². The van der Waals surface area contributed by atoms with Crippen LogP contribution in [0.1, 0.15) is 103 Å². The number of nitrogens with one attached hydrogen (secondary N) is 3. The van der Waals surface area contributed by atoms with Gasteiger partial charge in [0, 0.05) is 18.4 Å². The smallest absolute Gasteiger partial charge is 0.408 e. The number of carbonyl (C=O) groups is 4. The monoisotopic (exact) mass is 780 g/mol. The van der Waals surface area contributed by atoms with Crippen LogP contribution in [0, 0.1) is 5.92 Å². The molecule has 16 heteroatoms. The first-order valence-electron chi connectivity index (χ1n) is 19.7. The first-order chi connectivity index (χ1) is 26.3. The predicted octanol–water partition coefficient (Wildman–Crippen LogP) is 3.98. The average molecular weight is 781 g/mol. The molecule has 0 bridgehead atoms. The summed E-state index contributed by atoms with van der Waals surface area (Å²) in [6.45, 7) is 3.51. The SMILES string of the molecule is CCc1nc2ccc(OC)cc2nc1O[C@@H]1C[C@H]2C(=O)N[C@]3(C(=O)NS(=O)(=O)C4(C)CC4)C[C@H]3/C=C\CCCCC[C@H](NC(=O)OC3CCCC3)C(=O)N2C1. The molecule has 298 valence electrons. The van der Waals surface area contributed by atoms with Gasteiger partial charge in [-0.1, -0.05) is 31.9 Å². The maximum absolute atomic E-state index is 14.6. The van der Waals surface area contributed by atoms with E-state index in [2.05, 4.69) is 15.4 Å². The molecule has 0 radical (unpaired) electrons. The lowest BCUT2D eigenvalue weighted by Crippen LogP contribution is -2.58. The third-order valence-electron chi connectivity index (χ3n) is 11.9. The van der Waals surface area contributed by atoms with E-state index in [1.165, 1.54) is 4.90 Å². The minimum absolute atomic E-state index is 0.0109. The van der Waals surface area contributed by atoms with Crippen molar-refractivity contribution in [1.29, 1.82) is 0 Å². The molecule has 5 aliphatic rings. The summed E-state index contributed by atoms with van der Waals surface area (Å²) in [4.78, 5) is 66.9. The number of alkyl carbamates (subject to hydrolysis) is 1. The van der Waals surface area contributed by atoms with Gasteiger partial charge in [-0.25, -0.2) is 23.2 Å². The molecule has 3 aliphatic carbocycles. The molecule has 3 heterocycles. The van der Waals surface area contributed by atoms with E-state index in [4.69, 9.17) is 24.2 Å². The Morgan fingerprint density at radius 3 is 2.51 bits per heavy atom. The molecular formula is C39H52N6O9S. The van der Waals surface area contributed by atoms with Gasteiger partial charge < -0.3 is 29.7 Å². The highest BCUT2D eigenvalue weighted by molar-refractivity contribution is 7.91. The molecule has 55 heavy (non-hydrogen) atoms. The zero-order valence-corrected chi connectivity index (χ0v) is 32.6. The molecule has 1 aromatic heterocycles. The molecule has 5 atom stereocenters. The third-order valence-corrected chi connectivity index (χ3v) is 14.0. The summed E-state index contributed by atoms with van der Waals surface area (Å²) in [5.74, 6) is -1.45. The molecule has 15 nitrogen and oxygen atoms in total. The number of ether oxygens (including phenoxy) is 3. The molecule has 0 spiro atoms. The van der Waals surface area contributed by atoms with Crippen LogP contribution in [0.3, 0.4) is 0 Å². The first kappa shape index (κ1) is 38.8. The number of amides is 4. The zero-order chi connectivity index (χ0) is 39.0. The fraction of sp³-hybridized carbons (Fsp3) is 0.641. The predicted molar refractivity (Wildman–Crippen MR) is 202 cm³/mol. The number of aryl methyl sites for hydroxylation is 1. The highest BCUT2D eigenvalue weighted by Crippen LogP contribution is 2.47. The summed E-state index contributed by atoms with van der Waals surface area (Å²) in [5, 5.41) is 5.71. The van der Waals surface area contributed by atoms with Gasteiger partial charge in [0.05, 0.1) is 29.4 Å². The Morgan fingerprint density at radius 2 is 1.78 bits per heavy atom. The van der Waals surface area contributed by atoms with E-state index in [9.17, 15) is 27.6 Å². The quantitative estimate of drug-likeness (QED) is 0.312. The van der Waals surface area contributed by atoms with Crippen LogP contribution in [-0.4, -0.2) is 95.3 Å². The van der Waals surface area contributed by atoms with E-state index in [0.717, 1.165) is 38.5 Å². The van der Waals surface area contributed by atoms with Crippen molar-refractivity contribution >= 4 is 44.9 Å². The van der Waals surface area contributed by atoms with Gasteiger partial charge in [-0.3, -0.25) is 19.1 Å². The van der Waals surface area contributed by atoms with E-state index in [1.807, 2.05) is 25.1 Å². The van der Waals surface area contributed by atoms with Gasteiger partial charge >= 0.3 is 6.09 Å². The molecule has 2 aliphatic heterocycles. The number of aromatic nitrogens is 2. The molecule has 1 aromatic carbocycles. The van der Waals surface area contributed by atoms with Crippen molar-refractivity contribution < 1.29 is 41.8 Å². The molecule has 3 N–H and O–H groups in total. The van der Waals surface area contributed by atoms with Crippen molar-refractivity contribution in [3.63, 3.8) is 0 Å². The van der Waals surface area contributed by atoms with Crippen LogP contribution in [0.5, 0.6) is 11.6 Å². The number of nitrogens with zero attached hydrogens (tertiary/aromatic N) is 3. The van der Waals surface area contributed by atoms with Crippen molar-refractivity contribution in [1.82, 2.24) is 30.2 Å². The van der Waals surface area contributed by atoms with Crippen LogP contribution >= 0.6 is 0 Å². The second-order valence-corrected chi connectivity index (χ2v) is 18.1. The minimum atomic E-state index is -3.99. The lowest BCUT2D eigenvalue weighted by molar-refractivity contribution is -0.141. The second-order valence-electron chi connectivity index (χ2n) is 15.9. The Labute approximate surface area is 321 Å². The number of hydrogen-bond donors (Lipinski definition) is 3. The maximum Gasteiger partial charge on any atom is 0.408 e. The van der Waals surface area contributed by atoms with Crippen LogP contribution in [0.4, 0.5) is 4.79 Å². The Morgan fingerprint density at radius 1 is 1.02 bits per heavy atom. The van der Waals surface area contributed by atoms with Crippen molar-refractivity contribution in [3.05, 3.63) is 36.0 Å². The van der Waals surface area contributed by atoms with Gasteiger partial charge in [-0.05, 0) is 89.7 Å². The number of benzene rings is 1.